The summed E-state index contributed by atoms with van der Waals surface area (Å²) < 4.78 is 5.68. The first-order valence-electron chi connectivity index (χ1n) is 5.67. The van der Waals surface area contributed by atoms with Crippen LogP contribution < -0.4 is 5.32 Å². The molecule has 0 bridgehead atoms. The minimum Gasteiger partial charge on any atom is -0.456 e. The van der Waals surface area contributed by atoms with E-state index in [2.05, 4.69) is 10.5 Å². The van der Waals surface area contributed by atoms with Gasteiger partial charge in [0, 0.05) is 16.5 Å². The maximum Gasteiger partial charge on any atom is 0.270 e. The molecule has 0 spiro atoms. The van der Waals surface area contributed by atoms with Gasteiger partial charge in [0.15, 0.2) is 0 Å². The number of hydrogen-bond acceptors (Lipinski definition) is 4. The highest BCUT2D eigenvalue weighted by atomic mass is 16.4. The number of furan rings is 1. The van der Waals surface area contributed by atoms with Gasteiger partial charge in [-0.25, -0.2) is 0 Å². The van der Waals surface area contributed by atoms with E-state index in [1.54, 1.807) is 12.1 Å². The zero-order valence-corrected chi connectivity index (χ0v) is 9.83. The molecule has 1 heterocycles. The number of nitrogens with zero attached hydrogens (tertiary/aromatic N) is 1. The third kappa shape index (κ3) is 2.01. The minimum absolute atomic E-state index is 0.491. The molecule has 0 aliphatic heterocycles. The van der Waals surface area contributed by atoms with Gasteiger partial charge < -0.3 is 14.9 Å². The number of carbonyl (C=O) groups is 1. The number of para-hydroxylation sites is 1. The molecule has 0 fully saturated rings. The van der Waals surface area contributed by atoms with Crippen molar-refractivity contribution in [2.75, 3.05) is 5.32 Å². The molecule has 0 saturated heterocycles. The SMILES string of the molecule is O=C(C=NO)Nc1ccc2oc3ccccc3c2c1. The first-order valence-corrected chi connectivity index (χ1v) is 5.67. The zero-order valence-electron chi connectivity index (χ0n) is 9.83. The fourth-order valence-corrected chi connectivity index (χ4v) is 2.03. The summed E-state index contributed by atoms with van der Waals surface area (Å²) in [5, 5.41) is 15.5. The van der Waals surface area contributed by atoms with E-state index in [-0.39, 0.29) is 0 Å². The molecule has 2 aromatic carbocycles. The van der Waals surface area contributed by atoms with Crippen molar-refractivity contribution in [3.8, 4) is 0 Å². The van der Waals surface area contributed by atoms with E-state index < -0.39 is 5.91 Å². The Balaban J connectivity index is 2.09. The highest BCUT2D eigenvalue weighted by Crippen LogP contribution is 2.30. The molecule has 3 aromatic rings. The van der Waals surface area contributed by atoms with Gasteiger partial charge in [-0.1, -0.05) is 23.4 Å². The lowest BCUT2D eigenvalue weighted by atomic mass is 10.1. The highest BCUT2D eigenvalue weighted by molar-refractivity contribution is 6.31. The summed E-state index contributed by atoms with van der Waals surface area (Å²) in [6.07, 6.45) is 0.803. The van der Waals surface area contributed by atoms with Crippen LogP contribution in [0.25, 0.3) is 21.9 Å². The van der Waals surface area contributed by atoms with Crippen LogP contribution in [0.15, 0.2) is 52.0 Å². The van der Waals surface area contributed by atoms with Crippen molar-refractivity contribution in [1.29, 1.82) is 0 Å². The van der Waals surface area contributed by atoms with Crippen LogP contribution in [0.1, 0.15) is 0 Å². The summed E-state index contributed by atoms with van der Waals surface area (Å²) in [4.78, 5) is 11.3. The second-order valence-corrected chi connectivity index (χ2v) is 4.04. The molecule has 19 heavy (non-hydrogen) atoms. The Hall–Kier alpha value is -2.82. The summed E-state index contributed by atoms with van der Waals surface area (Å²) in [6.45, 7) is 0. The third-order valence-electron chi connectivity index (χ3n) is 2.82. The molecule has 0 unspecified atom stereocenters. The number of oxime groups is 1. The maximum absolute atomic E-state index is 11.3. The van der Waals surface area contributed by atoms with Crippen molar-refractivity contribution in [2.45, 2.75) is 0 Å². The molecule has 1 aromatic heterocycles. The molecule has 5 nitrogen and oxygen atoms in total. The molecular weight excluding hydrogens is 244 g/mol. The summed E-state index contributed by atoms with van der Waals surface area (Å²) in [5.41, 5.74) is 2.18. The predicted octanol–water partition coefficient (Wildman–Crippen LogP) is 2.98. The van der Waals surface area contributed by atoms with Gasteiger partial charge in [-0.15, -0.1) is 0 Å². The van der Waals surface area contributed by atoms with E-state index >= 15 is 0 Å². The van der Waals surface area contributed by atoms with E-state index in [4.69, 9.17) is 9.62 Å². The van der Waals surface area contributed by atoms with Crippen LogP contribution in [0.4, 0.5) is 5.69 Å². The second kappa shape index (κ2) is 4.45. The minimum atomic E-state index is -0.491. The van der Waals surface area contributed by atoms with Gasteiger partial charge in [0.2, 0.25) is 0 Å². The highest BCUT2D eigenvalue weighted by Gasteiger charge is 2.07. The van der Waals surface area contributed by atoms with E-state index in [0.29, 0.717) is 5.69 Å². The summed E-state index contributed by atoms with van der Waals surface area (Å²) in [5.74, 6) is -0.491. The van der Waals surface area contributed by atoms with Gasteiger partial charge in [-0.05, 0) is 24.3 Å². The lowest BCUT2D eigenvalue weighted by molar-refractivity contribution is -0.110. The number of rotatable bonds is 2. The molecule has 1 amide bonds. The van der Waals surface area contributed by atoms with Crippen LogP contribution in [0.2, 0.25) is 0 Å². The first kappa shape index (κ1) is 11.3. The van der Waals surface area contributed by atoms with E-state index in [0.717, 1.165) is 28.2 Å². The normalized spacial score (nSPS) is 11.4. The smallest absolute Gasteiger partial charge is 0.270 e. The molecule has 0 aliphatic rings. The van der Waals surface area contributed by atoms with Gasteiger partial charge in [0.05, 0.1) is 0 Å². The number of nitrogens with one attached hydrogen (secondary N) is 1. The van der Waals surface area contributed by atoms with Crippen LogP contribution in [0, 0.1) is 0 Å². The number of benzene rings is 2. The number of amides is 1. The van der Waals surface area contributed by atoms with Gasteiger partial charge in [0.1, 0.15) is 17.4 Å². The molecule has 94 valence electrons. The van der Waals surface area contributed by atoms with Crippen molar-refractivity contribution in [3.05, 3.63) is 42.5 Å². The average molecular weight is 254 g/mol. The maximum atomic E-state index is 11.3. The topological polar surface area (TPSA) is 74.8 Å². The van der Waals surface area contributed by atoms with Crippen molar-refractivity contribution in [2.24, 2.45) is 5.16 Å². The van der Waals surface area contributed by atoms with E-state index in [9.17, 15) is 4.79 Å². The van der Waals surface area contributed by atoms with E-state index in [1.807, 2.05) is 30.3 Å². The molecular formula is C14H10N2O3. The van der Waals surface area contributed by atoms with Crippen LogP contribution in [-0.2, 0) is 4.79 Å². The van der Waals surface area contributed by atoms with Gasteiger partial charge in [-0.3, -0.25) is 4.79 Å². The summed E-state index contributed by atoms with van der Waals surface area (Å²) in [7, 11) is 0. The Morgan fingerprint density at radius 2 is 1.95 bits per heavy atom. The van der Waals surface area contributed by atoms with Crippen molar-refractivity contribution in [1.82, 2.24) is 0 Å². The Morgan fingerprint density at radius 3 is 2.79 bits per heavy atom. The summed E-state index contributed by atoms with van der Waals surface area (Å²) >= 11 is 0. The summed E-state index contributed by atoms with van der Waals surface area (Å²) in [6, 6.07) is 13.0. The molecule has 0 radical (unpaired) electrons. The molecule has 0 atom stereocenters. The molecule has 0 aliphatic carbocycles. The lowest BCUT2D eigenvalue weighted by Gasteiger charge is -2.00. The number of hydrogen-bond donors (Lipinski definition) is 2. The molecule has 5 heteroatoms. The van der Waals surface area contributed by atoms with Gasteiger partial charge in [0.25, 0.3) is 5.91 Å². The number of carbonyl (C=O) groups excluding carboxylic acids is 1. The fourth-order valence-electron chi connectivity index (χ4n) is 2.03. The quantitative estimate of drug-likeness (QED) is 0.419. The standard InChI is InChI=1S/C14H10N2O3/c17-14(8-15-18)16-9-5-6-13-11(7-9)10-3-1-2-4-12(10)19-13/h1-8,18H,(H,16,17). The lowest BCUT2D eigenvalue weighted by Crippen LogP contribution is -2.12. The Kier molecular flexibility index (Phi) is 2.64. The third-order valence-corrected chi connectivity index (χ3v) is 2.82. The Labute approximate surface area is 108 Å². The van der Waals surface area contributed by atoms with Crippen molar-refractivity contribution >= 4 is 39.7 Å². The van der Waals surface area contributed by atoms with Crippen LogP contribution in [-0.4, -0.2) is 17.3 Å². The predicted molar refractivity (Wildman–Crippen MR) is 72.6 cm³/mol. The molecule has 3 rings (SSSR count). The van der Waals surface area contributed by atoms with E-state index in [1.165, 1.54) is 0 Å². The molecule has 0 saturated carbocycles. The Morgan fingerprint density at radius 1 is 1.16 bits per heavy atom. The van der Waals surface area contributed by atoms with Crippen molar-refractivity contribution in [3.63, 3.8) is 0 Å². The van der Waals surface area contributed by atoms with Crippen LogP contribution in [0.5, 0.6) is 0 Å². The first-order chi connectivity index (χ1) is 9.28. The largest absolute Gasteiger partial charge is 0.456 e. The zero-order chi connectivity index (χ0) is 13.2. The fraction of sp³-hybridized carbons (Fsp3) is 0. The van der Waals surface area contributed by atoms with Gasteiger partial charge in [-0.2, -0.15) is 0 Å². The molecule has 2 N–H and O–H groups in total. The van der Waals surface area contributed by atoms with Gasteiger partial charge >= 0.3 is 0 Å². The second-order valence-electron chi connectivity index (χ2n) is 4.04. The monoisotopic (exact) mass is 254 g/mol. The van der Waals surface area contributed by atoms with Crippen molar-refractivity contribution < 1.29 is 14.4 Å². The number of fused-ring (bicyclic) bond motifs is 3. The van der Waals surface area contributed by atoms with Crippen LogP contribution >= 0.6 is 0 Å². The van der Waals surface area contributed by atoms with Crippen LogP contribution in [0.3, 0.4) is 0 Å². The number of anilines is 1. The average Bonchev–Trinajstić information content (AvgIpc) is 2.77. The Bertz CT molecular complexity index is 790.